The molecular formula is C12H12ClNO5S. The van der Waals surface area contributed by atoms with Crippen molar-refractivity contribution in [2.45, 2.75) is 0 Å². The Hall–Kier alpha value is -1.73. The molecule has 0 radical (unpaired) electrons. The Morgan fingerprint density at radius 3 is 2.65 bits per heavy atom. The van der Waals surface area contributed by atoms with Gasteiger partial charge in [-0.25, -0.2) is 4.79 Å². The van der Waals surface area contributed by atoms with E-state index >= 15 is 0 Å². The van der Waals surface area contributed by atoms with Gasteiger partial charge >= 0.3 is 11.9 Å². The van der Waals surface area contributed by atoms with Gasteiger partial charge in [-0.15, -0.1) is 11.8 Å². The van der Waals surface area contributed by atoms with E-state index in [1.807, 2.05) is 0 Å². The Bertz CT molecular complexity index is 535. The second-order valence-electron chi connectivity index (χ2n) is 3.61. The number of ether oxygens (including phenoxy) is 1. The van der Waals surface area contributed by atoms with Crippen molar-refractivity contribution in [3.05, 3.63) is 28.8 Å². The first-order valence-electron chi connectivity index (χ1n) is 5.41. The van der Waals surface area contributed by atoms with Gasteiger partial charge in [0.05, 0.1) is 29.9 Å². The number of aromatic carboxylic acids is 1. The van der Waals surface area contributed by atoms with Crippen LogP contribution in [0.15, 0.2) is 18.2 Å². The SMILES string of the molecule is COC(=O)CSCC(=O)Nc1cc(Cl)ccc1C(=O)O. The number of halogens is 1. The molecule has 1 amide bonds. The van der Waals surface area contributed by atoms with E-state index in [0.29, 0.717) is 5.02 Å². The third-order valence-corrected chi connectivity index (χ3v) is 3.31. The lowest BCUT2D eigenvalue weighted by Crippen LogP contribution is -2.17. The summed E-state index contributed by atoms with van der Waals surface area (Å²) in [6, 6.07) is 4.09. The maximum atomic E-state index is 11.6. The summed E-state index contributed by atoms with van der Waals surface area (Å²) in [7, 11) is 1.26. The van der Waals surface area contributed by atoms with Gasteiger partial charge in [0.25, 0.3) is 0 Å². The van der Waals surface area contributed by atoms with E-state index in [-0.39, 0.29) is 22.8 Å². The van der Waals surface area contributed by atoms with E-state index in [4.69, 9.17) is 16.7 Å². The van der Waals surface area contributed by atoms with Crippen LogP contribution < -0.4 is 5.32 Å². The Labute approximate surface area is 124 Å². The topological polar surface area (TPSA) is 92.7 Å². The molecule has 0 aliphatic heterocycles. The summed E-state index contributed by atoms with van der Waals surface area (Å²) in [5.74, 6) is -1.98. The molecule has 6 nitrogen and oxygen atoms in total. The van der Waals surface area contributed by atoms with Crippen molar-refractivity contribution in [2.75, 3.05) is 23.9 Å². The molecule has 0 aliphatic rings. The number of methoxy groups -OCH3 is 1. The van der Waals surface area contributed by atoms with E-state index in [9.17, 15) is 14.4 Å². The number of thioether (sulfide) groups is 1. The third kappa shape index (κ3) is 5.10. The number of hydrogen-bond donors (Lipinski definition) is 2. The van der Waals surface area contributed by atoms with Crippen molar-refractivity contribution in [3.63, 3.8) is 0 Å². The van der Waals surface area contributed by atoms with Crippen LogP contribution in [0.4, 0.5) is 5.69 Å². The number of carbonyl (C=O) groups excluding carboxylic acids is 2. The predicted molar refractivity (Wildman–Crippen MR) is 76.4 cm³/mol. The summed E-state index contributed by atoms with van der Waals surface area (Å²) in [5.41, 5.74) is 0.0642. The number of carboxylic acid groups (broad SMARTS) is 1. The predicted octanol–water partition coefficient (Wildman–Crippen LogP) is 1.88. The largest absolute Gasteiger partial charge is 0.478 e. The molecule has 20 heavy (non-hydrogen) atoms. The maximum Gasteiger partial charge on any atom is 0.337 e. The van der Waals surface area contributed by atoms with Gasteiger partial charge in [-0.05, 0) is 18.2 Å². The van der Waals surface area contributed by atoms with Crippen molar-refractivity contribution < 1.29 is 24.2 Å². The second-order valence-corrected chi connectivity index (χ2v) is 5.03. The number of benzene rings is 1. The monoisotopic (exact) mass is 317 g/mol. The van der Waals surface area contributed by atoms with E-state index in [1.54, 1.807) is 0 Å². The van der Waals surface area contributed by atoms with Gasteiger partial charge in [0, 0.05) is 5.02 Å². The molecule has 1 rings (SSSR count). The minimum Gasteiger partial charge on any atom is -0.478 e. The van der Waals surface area contributed by atoms with Crippen LogP contribution in [0.5, 0.6) is 0 Å². The molecule has 1 aromatic rings. The van der Waals surface area contributed by atoms with Crippen LogP contribution in [0.3, 0.4) is 0 Å². The lowest BCUT2D eigenvalue weighted by Gasteiger charge is -2.08. The first kappa shape index (κ1) is 16.3. The number of amides is 1. The molecule has 0 aromatic heterocycles. The van der Waals surface area contributed by atoms with E-state index in [0.717, 1.165) is 11.8 Å². The normalized spacial score (nSPS) is 9.90. The van der Waals surface area contributed by atoms with E-state index < -0.39 is 17.8 Å². The van der Waals surface area contributed by atoms with Gasteiger partial charge < -0.3 is 15.2 Å². The lowest BCUT2D eigenvalue weighted by molar-refractivity contribution is -0.137. The zero-order valence-electron chi connectivity index (χ0n) is 10.5. The van der Waals surface area contributed by atoms with Gasteiger partial charge in [0.2, 0.25) is 5.91 Å². The zero-order chi connectivity index (χ0) is 15.1. The van der Waals surface area contributed by atoms with Gasteiger partial charge in [0.15, 0.2) is 0 Å². The van der Waals surface area contributed by atoms with Crippen LogP contribution in [0.25, 0.3) is 0 Å². The van der Waals surface area contributed by atoms with Gasteiger partial charge in [-0.2, -0.15) is 0 Å². The summed E-state index contributed by atoms with van der Waals surface area (Å²) in [5, 5.41) is 11.7. The fourth-order valence-electron chi connectivity index (χ4n) is 1.28. The molecule has 2 N–H and O–H groups in total. The molecule has 0 unspecified atom stereocenters. The standard InChI is InChI=1S/C12H12ClNO5S/c1-19-11(16)6-20-5-10(15)14-9-4-7(13)2-3-8(9)12(17)18/h2-4H,5-6H2,1H3,(H,14,15)(H,17,18). The van der Waals surface area contributed by atoms with Gasteiger partial charge in [-0.1, -0.05) is 11.6 Å². The smallest absolute Gasteiger partial charge is 0.337 e. The van der Waals surface area contributed by atoms with Gasteiger partial charge in [-0.3, -0.25) is 9.59 Å². The number of carbonyl (C=O) groups is 3. The minimum atomic E-state index is -1.17. The van der Waals surface area contributed by atoms with Crippen LogP contribution in [-0.2, 0) is 14.3 Å². The zero-order valence-corrected chi connectivity index (χ0v) is 12.1. The van der Waals surface area contributed by atoms with Crippen LogP contribution in [0.1, 0.15) is 10.4 Å². The summed E-state index contributed by atoms with van der Waals surface area (Å²) in [4.78, 5) is 33.5. The van der Waals surface area contributed by atoms with Crippen LogP contribution in [0.2, 0.25) is 5.02 Å². The molecule has 0 saturated carbocycles. The molecule has 0 atom stereocenters. The summed E-state index contributed by atoms with van der Waals surface area (Å²) in [6.07, 6.45) is 0. The highest BCUT2D eigenvalue weighted by molar-refractivity contribution is 8.00. The van der Waals surface area contributed by atoms with Crippen molar-refractivity contribution in [1.29, 1.82) is 0 Å². The Morgan fingerprint density at radius 2 is 2.05 bits per heavy atom. The summed E-state index contributed by atoms with van der Waals surface area (Å²) < 4.78 is 4.43. The summed E-state index contributed by atoms with van der Waals surface area (Å²) >= 11 is 6.82. The number of anilines is 1. The minimum absolute atomic E-state index is 0.000667. The molecule has 0 aliphatic carbocycles. The van der Waals surface area contributed by atoms with Crippen LogP contribution in [-0.4, -0.2) is 41.6 Å². The highest BCUT2D eigenvalue weighted by Gasteiger charge is 2.13. The molecule has 108 valence electrons. The second kappa shape index (κ2) is 7.76. The lowest BCUT2D eigenvalue weighted by atomic mass is 10.2. The number of hydrogen-bond acceptors (Lipinski definition) is 5. The van der Waals surface area contributed by atoms with Crippen molar-refractivity contribution in [3.8, 4) is 0 Å². The van der Waals surface area contributed by atoms with E-state index in [2.05, 4.69) is 10.1 Å². The Morgan fingerprint density at radius 1 is 1.35 bits per heavy atom. The van der Waals surface area contributed by atoms with Crippen molar-refractivity contribution in [2.24, 2.45) is 0 Å². The summed E-state index contributed by atoms with van der Waals surface area (Å²) in [6.45, 7) is 0. The fourth-order valence-corrected chi connectivity index (χ4v) is 2.09. The number of rotatable bonds is 6. The average molecular weight is 318 g/mol. The molecular weight excluding hydrogens is 306 g/mol. The first-order chi connectivity index (χ1) is 9.43. The molecule has 8 heteroatoms. The average Bonchev–Trinajstić information content (AvgIpc) is 2.38. The number of esters is 1. The number of nitrogens with one attached hydrogen (secondary N) is 1. The molecule has 0 fully saturated rings. The first-order valence-corrected chi connectivity index (χ1v) is 6.94. The molecule has 0 heterocycles. The van der Waals surface area contributed by atoms with Gasteiger partial charge in [0.1, 0.15) is 0 Å². The maximum absolute atomic E-state index is 11.6. The Kier molecular flexibility index (Phi) is 6.33. The molecule has 0 saturated heterocycles. The van der Waals surface area contributed by atoms with E-state index in [1.165, 1.54) is 25.3 Å². The Balaban J connectivity index is 2.63. The third-order valence-electron chi connectivity index (χ3n) is 2.17. The highest BCUT2D eigenvalue weighted by atomic mass is 35.5. The van der Waals surface area contributed by atoms with Crippen LogP contribution in [0, 0.1) is 0 Å². The van der Waals surface area contributed by atoms with Crippen LogP contribution >= 0.6 is 23.4 Å². The quantitative estimate of drug-likeness (QED) is 0.778. The highest BCUT2D eigenvalue weighted by Crippen LogP contribution is 2.21. The fraction of sp³-hybridized carbons (Fsp3) is 0.250. The van der Waals surface area contributed by atoms with Crippen molar-refractivity contribution >= 4 is 46.9 Å². The molecule has 0 bridgehead atoms. The molecule has 0 spiro atoms. The molecule has 1 aromatic carbocycles. The van der Waals surface area contributed by atoms with Crippen molar-refractivity contribution in [1.82, 2.24) is 0 Å². The number of carboxylic acids is 1.